The molecule has 0 aliphatic carbocycles. The highest BCUT2D eigenvalue weighted by Gasteiger charge is 2.22. The number of fused-ring (bicyclic) bond motifs is 1. The van der Waals surface area contributed by atoms with Crippen LogP contribution in [0.25, 0.3) is 10.8 Å². The second-order valence-electron chi connectivity index (χ2n) is 8.77. The van der Waals surface area contributed by atoms with Gasteiger partial charge in [0.1, 0.15) is 5.82 Å². The molecule has 1 aliphatic heterocycles. The second kappa shape index (κ2) is 10.4. The fourth-order valence-corrected chi connectivity index (χ4v) is 5.18. The van der Waals surface area contributed by atoms with Crippen molar-refractivity contribution in [2.75, 3.05) is 18.4 Å². The lowest BCUT2D eigenvalue weighted by Gasteiger charge is -2.17. The van der Waals surface area contributed by atoms with Crippen LogP contribution in [0.2, 0.25) is 0 Å². The summed E-state index contributed by atoms with van der Waals surface area (Å²) in [5, 5.41) is 14.8. The average molecular weight is 472 g/mol. The van der Waals surface area contributed by atoms with E-state index in [9.17, 15) is 4.79 Å². The van der Waals surface area contributed by atoms with Gasteiger partial charge in [-0.2, -0.15) is 0 Å². The minimum absolute atomic E-state index is 0.0457. The summed E-state index contributed by atoms with van der Waals surface area (Å²) < 4.78 is 2.16. The van der Waals surface area contributed by atoms with Crippen LogP contribution in [0, 0.1) is 0 Å². The van der Waals surface area contributed by atoms with Gasteiger partial charge in [0.05, 0.1) is 18.3 Å². The van der Waals surface area contributed by atoms with Crippen LogP contribution in [-0.2, 0) is 17.9 Å². The molecule has 2 heterocycles. The number of benzene rings is 3. The van der Waals surface area contributed by atoms with Gasteiger partial charge < -0.3 is 9.88 Å². The first-order valence-electron chi connectivity index (χ1n) is 11.8. The van der Waals surface area contributed by atoms with E-state index < -0.39 is 0 Å². The smallest absolute Gasteiger partial charge is 0.237 e. The molecule has 1 fully saturated rings. The lowest BCUT2D eigenvalue weighted by atomic mass is 10.1. The van der Waals surface area contributed by atoms with Crippen LogP contribution in [0.3, 0.4) is 0 Å². The fourth-order valence-electron chi connectivity index (χ4n) is 4.31. The Morgan fingerprint density at radius 2 is 1.68 bits per heavy atom. The minimum Gasteiger partial charge on any atom is -0.325 e. The number of anilines is 1. The summed E-state index contributed by atoms with van der Waals surface area (Å²) in [4.78, 5) is 15.4. The monoisotopic (exact) mass is 471 g/mol. The van der Waals surface area contributed by atoms with E-state index in [0.717, 1.165) is 47.1 Å². The fraction of sp³-hybridized carbons (Fsp3) is 0.296. The molecule has 7 heteroatoms. The summed E-state index contributed by atoms with van der Waals surface area (Å²) in [5.74, 6) is 0.908. The van der Waals surface area contributed by atoms with Gasteiger partial charge in [-0.3, -0.25) is 9.69 Å². The zero-order valence-corrected chi connectivity index (χ0v) is 20.2. The van der Waals surface area contributed by atoms with E-state index >= 15 is 0 Å². The minimum atomic E-state index is -0.315. The van der Waals surface area contributed by atoms with E-state index in [2.05, 4.69) is 49.2 Å². The molecule has 0 bridgehead atoms. The number of likely N-dealkylation sites (tertiary alicyclic amines) is 1. The van der Waals surface area contributed by atoms with Crippen molar-refractivity contribution in [3.8, 4) is 0 Å². The predicted octanol–water partition coefficient (Wildman–Crippen LogP) is 5.19. The third-order valence-electron chi connectivity index (χ3n) is 6.21. The number of hydrogen-bond acceptors (Lipinski definition) is 5. The zero-order valence-electron chi connectivity index (χ0n) is 19.4. The highest BCUT2D eigenvalue weighted by molar-refractivity contribution is 8.00. The summed E-state index contributed by atoms with van der Waals surface area (Å²) >= 11 is 1.46. The van der Waals surface area contributed by atoms with Gasteiger partial charge in [-0.05, 0) is 61.3 Å². The molecule has 1 atom stereocenters. The van der Waals surface area contributed by atoms with E-state index in [1.54, 1.807) is 0 Å². The molecule has 0 spiro atoms. The molecule has 174 valence electrons. The molecule has 0 unspecified atom stereocenters. The maximum atomic E-state index is 13.0. The molecule has 0 saturated carbocycles. The van der Waals surface area contributed by atoms with Crippen LogP contribution in [-0.4, -0.2) is 43.9 Å². The second-order valence-corrected chi connectivity index (χ2v) is 10.1. The Labute approximate surface area is 204 Å². The summed E-state index contributed by atoms with van der Waals surface area (Å²) in [6, 6.07) is 24.5. The zero-order chi connectivity index (χ0) is 23.3. The molecule has 34 heavy (non-hydrogen) atoms. The van der Waals surface area contributed by atoms with Crippen LogP contribution in [0.1, 0.15) is 31.2 Å². The molecule has 1 aromatic heterocycles. The Hall–Kier alpha value is -3.16. The summed E-state index contributed by atoms with van der Waals surface area (Å²) in [7, 11) is 0. The Balaban J connectivity index is 1.32. The standard InChI is InChI=1S/C27H29N5OS/c1-20(26(33)28-24-14-13-22-11-5-6-12-23(22)17-24)34-27-30-29-25(19-31-15-7-8-16-31)32(27)18-21-9-3-2-4-10-21/h2-6,9-14,17,20H,7-8,15-16,18-19H2,1H3,(H,28,33)/t20-/m1/s1. The number of carbonyl (C=O) groups is 1. The van der Waals surface area contributed by atoms with Crippen LogP contribution in [0.5, 0.6) is 0 Å². The van der Waals surface area contributed by atoms with E-state index in [0.29, 0.717) is 6.54 Å². The van der Waals surface area contributed by atoms with Crippen molar-refractivity contribution in [2.45, 2.75) is 43.3 Å². The van der Waals surface area contributed by atoms with Gasteiger partial charge in [0, 0.05) is 5.69 Å². The van der Waals surface area contributed by atoms with Gasteiger partial charge in [-0.15, -0.1) is 10.2 Å². The number of amides is 1. The molecule has 1 aliphatic rings. The van der Waals surface area contributed by atoms with Crippen LogP contribution in [0.15, 0.2) is 78.0 Å². The molecule has 0 radical (unpaired) electrons. The van der Waals surface area contributed by atoms with Crippen molar-refractivity contribution >= 4 is 34.1 Å². The maximum absolute atomic E-state index is 13.0. The topological polar surface area (TPSA) is 63.1 Å². The van der Waals surface area contributed by atoms with Crippen molar-refractivity contribution < 1.29 is 4.79 Å². The third kappa shape index (κ3) is 5.32. The molecular formula is C27H29N5OS. The maximum Gasteiger partial charge on any atom is 0.237 e. The Morgan fingerprint density at radius 1 is 0.941 bits per heavy atom. The van der Waals surface area contributed by atoms with Crippen molar-refractivity contribution in [2.24, 2.45) is 0 Å². The van der Waals surface area contributed by atoms with Crippen molar-refractivity contribution in [3.05, 3.63) is 84.2 Å². The van der Waals surface area contributed by atoms with E-state index in [4.69, 9.17) is 0 Å². The van der Waals surface area contributed by atoms with Gasteiger partial charge in [0.15, 0.2) is 5.16 Å². The highest BCUT2D eigenvalue weighted by Crippen LogP contribution is 2.26. The molecule has 3 aromatic carbocycles. The largest absolute Gasteiger partial charge is 0.325 e. The first-order chi connectivity index (χ1) is 16.7. The van der Waals surface area contributed by atoms with E-state index in [-0.39, 0.29) is 11.2 Å². The Morgan fingerprint density at radius 3 is 2.47 bits per heavy atom. The molecule has 1 N–H and O–H groups in total. The summed E-state index contributed by atoms with van der Waals surface area (Å²) in [6.45, 7) is 5.61. The number of thioether (sulfide) groups is 1. The summed E-state index contributed by atoms with van der Waals surface area (Å²) in [5.41, 5.74) is 2.00. The number of carbonyl (C=O) groups excluding carboxylic acids is 1. The number of rotatable bonds is 8. The summed E-state index contributed by atoms with van der Waals surface area (Å²) in [6.07, 6.45) is 2.47. The Kier molecular flexibility index (Phi) is 6.92. The number of nitrogens with zero attached hydrogens (tertiary/aromatic N) is 4. The normalized spacial score (nSPS) is 15.0. The predicted molar refractivity (Wildman–Crippen MR) is 138 cm³/mol. The van der Waals surface area contributed by atoms with Gasteiger partial charge in [0.25, 0.3) is 0 Å². The van der Waals surface area contributed by atoms with Crippen LogP contribution < -0.4 is 5.32 Å². The highest BCUT2D eigenvalue weighted by atomic mass is 32.2. The number of hydrogen-bond donors (Lipinski definition) is 1. The first-order valence-corrected chi connectivity index (χ1v) is 12.7. The number of nitrogens with one attached hydrogen (secondary N) is 1. The van der Waals surface area contributed by atoms with Crippen molar-refractivity contribution in [1.29, 1.82) is 0 Å². The van der Waals surface area contributed by atoms with Crippen molar-refractivity contribution in [1.82, 2.24) is 19.7 Å². The number of aromatic nitrogens is 3. The van der Waals surface area contributed by atoms with Gasteiger partial charge >= 0.3 is 0 Å². The molecule has 4 aromatic rings. The van der Waals surface area contributed by atoms with E-state index in [1.807, 2.05) is 55.5 Å². The van der Waals surface area contributed by atoms with Crippen LogP contribution >= 0.6 is 11.8 Å². The molecule has 5 rings (SSSR count). The average Bonchev–Trinajstić information content (AvgIpc) is 3.50. The lowest BCUT2D eigenvalue weighted by molar-refractivity contribution is -0.115. The first kappa shape index (κ1) is 22.6. The third-order valence-corrected chi connectivity index (χ3v) is 7.29. The molecule has 6 nitrogen and oxygen atoms in total. The molecule has 1 amide bonds. The van der Waals surface area contributed by atoms with Gasteiger partial charge in [0.2, 0.25) is 5.91 Å². The SMILES string of the molecule is C[C@@H](Sc1nnc(CN2CCCC2)n1Cc1ccccc1)C(=O)Nc1ccc2ccccc2c1. The molecule has 1 saturated heterocycles. The van der Waals surface area contributed by atoms with Gasteiger partial charge in [-0.1, -0.05) is 72.4 Å². The van der Waals surface area contributed by atoms with E-state index in [1.165, 1.54) is 30.2 Å². The lowest BCUT2D eigenvalue weighted by Crippen LogP contribution is -2.24. The van der Waals surface area contributed by atoms with Gasteiger partial charge in [-0.25, -0.2) is 0 Å². The van der Waals surface area contributed by atoms with Crippen LogP contribution in [0.4, 0.5) is 5.69 Å². The molecular weight excluding hydrogens is 442 g/mol. The quantitative estimate of drug-likeness (QED) is 0.358. The van der Waals surface area contributed by atoms with Crippen molar-refractivity contribution in [3.63, 3.8) is 0 Å². The Bertz CT molecular complexity index is 1270.